The Morgan fingerprint density at radius 1 is 1.17 bits per heavy atom. The number of oxazole rings is 1. The van der Waals surface area contributed by atoms with E-state index in [4.69, 9.17) is 14.3 Å². The van der Waals surface area contributed by atoms with E-state index in [1.54, 1.807) is 31.2 Å². The fourth-order valence-electron chi connectivity index (χ4n) is 2.92. The zero-order chi connectivity index (χ0) is 25.5. The monoisotopic (exact) mass is 495 g/mol. The highest BCUT2D eigenvalue weighted by atomic mass is 19.3. The smallest absolute Gasteiger partial charge is 0.439 e. The van der Waals surface area contributed by atoms with Gasteiger partial charge in [0.1, 0.15) is 11.3 Å². The molecule has 4 aromatic rings. The Bertz CT molecular complexity index is 1380. The number of benzene rings is 2. The van der Waals surface area contributed by atoms with Crippen LogP contribution in [-0.4, -0.2) is 32.8 Å². The third-order valence-electron chi connectivity index (χ3n) is 4.39. The van der Waals surface area contributed by atoms with Crippen LogP contribution in [0.25, 0.3) is 11.1 Å². The SMILES string of the molecule is Cc1cnc(Nc2ccc(OC(F)F)c(C(F)F)c2)nc1Nn1c(=O)oc2ccccc21.O=CO. The number of carboxylic acid groups (broad SMARTS) is 1. The van der Waals surface area contributed by atoms with Crippen molar-refractivity contribution in [2.45, 2.75) is 20.0 Å². The average Bonchev–Trinajstić information content (AvgIpc) is 3.12. The summed E-state index contributed by atoms with van der Waals surface area (Å²) in [6.07, 6.45) is -1.59. The van der Waals surface area contributed by atoms with Gasteiger partial charge in [-0.05, 0) is 37.3 Å². The zero-order valence-corrected chi connectivity index (χ0v) is 17.8. The summed E-state index contributed by atoms with van der Waals surface area (Å²) in [6.45, 7) is -1.78. The fraction of sp³-hybridized carbons (Fsp3) is 0.143. The number of halogens is 4. The molecule has 0 aliphatic rings. The molecule has 2 heterocycles. The van der Waals surface area contributed by atoms with Crippen LogP contribution < -0.4 is 21.2 Å². The summed E-state index contributed by atoms with van der Waals surface area (Å²) in [6, 6.07) is 10.0. The van der Waals surface area contributed by atoms with E-state index in [-0.39, 0.29) is 23.9 Å². The van der Waals surface area contributed by atoms with Crippen molar-refractivity contribution in [3.8, 4) is 5.75 Å². The van der Waals surface area contributed by atoms with Gasteiger partial charge < -0.3 is 19.6 Å². The number of rotatable bonds is 7. The summed E-state index contributed by atoms with van der Waals surface area (Å²) in [5, 5.41) is 9.62. The highest BCUT2D eigenvalue weighted by molar-refractivity contribution is 5.73. The van der Waals surface area contributed by atoms with Crippen molar-refractivity contribution in [1.82, 2.24) is 14.6 Å². The number of alkyl halides is 4. The van der Waals surface area contributed by atoms with Crippen molar-refractivity contribution in [3.63, 3.8) is 0 Å². The van der Waals surface area contributed by atoms with E-state index in [1.807, 2.05) is 0 Å². The van der Waals surface area contributed by atoms with Crippen molar-refractivity contribution in [1.29, 1.82) is 0 Å². The van der Waals surface area contributed by atoms with Crippen LogP contribution in [0.2, 0.25) is 0 Å². The molecule has 0 radical (unpaired) electrons. The van der Waals surface area contributed by atoms with Crippen molar-refractivity contribution < 1.29 is 36.6 Å². The van der Waals surface area contributed by atoms with E-state index in [0.29, 0.717) is 16.7 Å². The number of anilines is 3. The third-order valence-corrected chi connectivity index (χ3v) is 4.39. The first-order valence-corrected chi connectivity index (χ1v) is 9.66. The van der Waals surface area contributed by atoms with Crippen LogP contribution in [0.5, 0.6) is 5.75 Å². The van der Waals surface area contributed by atoms with E-state index in [1.165, 1.54) is 16.9 Å². The molecule has 0 atom stereocenters. The van der Waals surface area contributed by atoms with E-state index in [9.17, 15) is 22.4 Å². The Morgan fingerprint density at radius 3 is 2.57 bits per heavy atom. The summed E-state index contributed by atoms with van der Waals surface area (Å²) < 4.78 is 61.8. The first kappa shape index (κ1) is 25.0. The van der Waals surface area contributed by atoms with Crippen LogP contribution >= 0.6 is 0 Å². The second-order valence-electron chi connectivity index (χ2n) is 6.67. The molecule has 0 saturated heterocycles. The van der Waals surface area contributed by atoms with Crippen LogP contribution in [0.1, 0.15) is 17.6 Å². The normalized spacial score (nSPS) is 10.7. The lowest BCUT2D eigenvalue weighted by atomic mass is 10.2. The molecule has 35 heavy (non-hydrogen) atoms. The molecule has 0 bridgehead atoms. The number of hydrogen-bond acceptors (Lipinski definition) is 8. The van der Waals surface area contributed by atoms with Gasteiger partial charge in [0.05, 0.1) is 5.56 Å². The molecule has 0 amide bonds. The van der Waals surface area contributed by atoms with Gasteiger partial charge in [-0.1, -0.05) is 12.1 Å². The van der Waals surface area contributed by atoms with Crippen LogP contribution in [-0.2, 0) is 4.79 Å². The van der Waals surface area contributed by atoms with Gasteiger partial charge in [0.2, 0.25) is 5.95 Å². The van der Waals surface area contributed by atoms with Crippen molar-refractivity contribution in [2.75, 3.05) is 10.7 Å². The quantitative estimate of drug-likeness (QED) is 0.250. The lowest BCUT2D eigenvalue weighted by molar-refractivity contribution is -0.122. The highest BCUT2D eigenvalue weighted by Gasteiger charge is 2.18. The molecule has 2 aromatic heterocycles. The molecule has 0 fully saturated rings. The zero-order valence-electron chi connectivity index (χ0n) is 17.8. The van der Waals surface area contributed by atoms with Crippen LogP contribution in [0.4, 0.5) is 35.0 Å². The topological polar surface area (TPSA) is 132 Å². The molecule has 184 valence electrons. The molecule has 10 nitrogen and oxygen atoms in total. The Balaban J connectivity index is 0.00000108. The Morgan fingerprint density at radius 2 is 1.89 bits per heavy atom. The Labute approximate surface area is 193 Å². The van der Waals surface area contributed by atoms with Crippen LogP contribution in [0.3, 0.4) is 0 Å². The molecule has 0 spiro atoms. The summed E-state index contributed by atoms with van der Waals surface area (Å²) in [4.78, 5) is 28.9. The van der Waals surface area contributed by atoms with Gasteiger partial charge in [-0.3, -0.25) is 10.2 Å². The second-order valence-corrected chi connectivity index (χ2v) is 6.67. The minimum atomic E-state index is -3.23. The molecular weight excluding hydrogens is 478 g/mol. The Kier molecular flexibility index (Phi) is 7.86. The molecule has 0 aliphatic heterocycles. The van der Waals surface area contributed by atoms with Gasteiger partial charge in [0.15, 0.2) is 11.4 Å². The number of hydrogen-bond donors (Lipinski definition) is 3. The molecular formula is C21H17F4N5O5. The summed E-state index contributed by atoms with van der Waals surface area (Å²) in [7, 11) is 0. The van der Waals surface area contributed by atoms with Crippen molar-refractivity contribution in [3.05, 3.63) is 70.3 Å². The number of aryl methyl sites for hydroxylation is 1. The minimum absolute atomic E-state index is 0.0155. The summed E-state index contributed by atoms with van der Waals surface area (Å²) in [5.74, 6) is -1.02. The number of carbonyl (C=O) groups is 1. The minimum Gasteiger partial charge on any atom is -0.483 e. The van der Waals surface area contributed by atoms with E-state index < -0.39 is 30.1 Å². The molecule has 4 rings (SSSR count). The maximum Gasteiger partial charge on any atom is 0.439 e. The standard InChI is InChI=1S/C20H15F4N5O3.CH2O2/c1-10-9-25-19(26-11-6-7-14(31-18(23)24)12(8-11)16(21)22)27-17(10)28-29-13-4-2-3-5-15(13)32-20(29)30;2-1-3/h2-9,16,18H,1H3,(H2,25,26,27,28);1H,(H,2,3). The van der Waals surface area contributed by atoms with Crippen LogP contribution in [0.15, 0.2) is 57.9 Å². The molecule has 0 aliphatic carbocycles. The maximum atomic E-state index is 13.3. The Hall–Kier alpha value is -4.62. The van der Waals surface area contributed by atoms with Gasteiger partial charge in [-0.25, -0.2) is 18.6 Å². The lowest BCUT2D eigenvalue weighted by Gasteiger charge is -2.14. The van der Waals surface area contributed by atoms with E-state index >= 15 is 0 Å². The number of nitrogens with zero attached hydrogens (tertiary/aromatic N) is 3. The maximum absolute atomic E-state index is 13.3. The van der Waals surface area contributed by atoms with Gasteiger partial charge in [-0.15, -0.1) is 0 Å². The molecule has 0 saturated carbocycles. The van der Waals surface area contributed by atoms with Gasteiger partial charge in [0, 0.05) is 17.4 Å². The van der Waals surface area contributed by atoms with Crippen molar-refractivity contribution in [2.24, 2.45) is 0 Å². The third kappa shape index (κ3) is 6.04. The van der Waals surface area contributed by atoms with Gasteiger partial charge >= 0.3 is 12.4 Å². The molecule has 2 aromatic carbocycles. The van der Waals surface area contributed by atoms with E-state index in [0.717, 1.165) is 12.1 Å². The number of nitrogens with one attached hydrogen (secondary N) is 2. The van der Waals surface area contributed by atoms with Crippen LogP contribution in [0, 0.1) is 6.92 Å². The van der Waals surface area contributed by atoms with Crippen molar-refractivity contribution >= 4 is 35.0 Å². The molecule has 0 unspecified atom stereocenters. The number of aromatic nitrogens is 3. The number of para-hydroxylation sites is 2. The summed E-state index contributed by atoms with van der Waals surface area (Å²) in [5.41, 5.74) is 3.71. The first-order valence-electron chi connectivity index (χ1n) is 9.66. The first-order chi connectivity index (χ1) is 16.7. The van der Waals surface area contributed by atoms with Gasteiger partial charge in [0.25, 0.3) is 12.9 Å². The molecule has 14 heteroatoms. The number of fused-ring (bicyclic) bond motifs is 1. The second kappa shape index (κ2) is 11.0. The fourth-order valence-corrected chi connectivity index (χ4v) is 2.92. The van der Waals surface area contributed by atoms with Gasteiger partial charge in [-0.2, -0.15) is 18.4 Å². The predicted octanol–water partition coefficient (Wildman–Crippen LogP) is 4.55. The largest absolute Gasteiger partial charge is 0.483 e. The number of ether oxygens (including phenoxy) is 1. The lowest BCUT2D eigenvalue weighted by Crippen LogP contribution is -2.23. The summed E-state index contributed by atoms with van der Waals surface area (Å²) >= 11 is 0. The van der Waals surface area contributed by atoms with E-state index in [2.05, 4.69) is 25.4 Å². The molecule has 3 N–H and O–H groups in total. The predicted molar refractivity (Wildman–Crippen MR) is 116 cm³/mol. The highest BCUT2D eigenvalue weighted by Crippen LogP contribution is 2.33. The average molecular weight is 495 g/mol.